The molecule has 11 heteroatoms. The Morgan fingerprint density at radius 2 is 1.82 bits per heavy atom. The van der Waals surface area contributed by atoms with Crippen LogP contribution in [0.2, 0.25) is 0 Å². The summed E-state index contributed by atoms with van der Waals surface area (Å²) in [7, 11) is 0. The SMILES string of the molecule is Cc1cc2c(-c3ccc(C(F)(F)F)cc3CC(F)(F)F)nnc(NC3CCC4(CC4)C3)n2n1. The number of aromatic nitrogens is 4. The van der Waals surface area contributed by atoms with E-state index in [4.69, 9.17) is 0 Å². The molecule has 176 valence electrons. The van der Waals surface area contributed by atoms with Crippen LogP contribution in [0.15, 0.2) is 24.3 Å². The van der Waals surface area contributed by atoms with Crippen LogP contribution in [0.1, 0.15) is 48.9 Å². The predicted octanol–water partition coefficient (Wildman–Crippen LogP) is 5.97. The fourth-order valence-electron chi connectivity index (χ4n) is 4.81. The van der Waals surface area contributed by atoms with Gasteiger partial charge in [0.05, 0.1) is 23.2 Å². The maximum absolute atomic E-state index is 13.2. The molecule has 1 aromatic carbocycles. The Hall–Kier alpha value is -2.85. The minimum atomic E-state index is -4.76. The zero-order valence-corrected chi connectivity index (χ0v) is 17.7. The van der Waals surface area contributed by atoms with Crippen LogP contribution in [0.3, 0.4) is 0 Å². The molecule has 1 unspecified atom stereocenters. The molecule has 0 radical (unpaired) electrons. The number of benzene rings is 1. The lowest BCUT2D eigenvalue weighted by atomic mass is 9.97. The number of aryl methyl sites for hydroxylation is 1. The summed E-state index contributed by atoms with van der Waals surface area (Å²) in [6.45, 7) is 1.72. The highest BCUT2D eigenvalue weighted by Gasteiger charge is 2.48. The van der Waals surface area contributed by atoms with Gasteiger partial charge < -0.3 is 5.32 Å². The number of rotatable bonds is 4. The van der Waals surface area contributed by atoms with E-state index in [0.717, 1.165) is 31.4 Å². The van der Waals surface area contributed by atoms with Gasteiger partial charge in [-0.2, -0.15) is 36.0 Å². The highest BCUT2D eigenvalue weighted by molar-refractivity contribution is 5.80. The Labute approximate surface area is 185 Å². The Morgan fingerprint density at radius 1 is 1.06 bits per heavy atom. The lowest BCUT2D eigenvalue weighted by molar-refractivity contribution is -0.138. The van der Waals surface area contributed by atoms with Crippen molar-refractivity contribution in [3.8, 4) is 11.3 Å². The van der Waals surface area contributed by atoms with Gasteiger partial charge in [0.25, 0.3) is 0 Å². The number of halogens is 6. The van der Waals surface area contributed by atoms with Gasteiger partial charge in [0, 0.05) is 11.6 Å². The van der Waals surface area contributed by atoms with Crippen molar-refractivity contribution in [3.05, 3.63) is 41.1 Å². The Bertz CT molecular complexity index is 1210. The molecule has 2 fully saturated rings. The number of hydrogen-bond donors (Lipinski definition) is 1. The topological polar surface area (TPSA) is 55.1 Å². The molecule has 2 aliphatic rings. The van der Waals surface area contributed by atoms with Gasteiger partial charge in [-0.25, -0.2) is 0 Å². The van der Waals surface area contributed by atoms with Crippen molar-refractivity contribution < 1.29 is 26.3 Å². The Kier molecular flexibility index (Phi) is 4.88. The number of anilines is 1. The highest BCUT2D eigenvalue weighted by Crippen LogP contribution is 2.58. The average molecular weight is 469 g/mol. The quantitative estimate of drug-likeness (QED) is 0.479. The number of nitrogens with one attached hydrogen (secondary N) is 1. The molecule has 1 N–H and O–H groups in total. The third kappa shape index (κ3) is 4.37. The normalized spacial score (nSPS) is 20.0. The van der Waals surface area contributed by atoms with E-state index in [1.807, 2.05) is 0 Å². The van der Waals surface area contributed by atoms with Crippen molar-refractivity contribution in [2.24, 2.45) is 5.41 Å². The number of alkyl halides is 6. The lowest BCUT2D eigenvalue weighted by Crippen LogP contribution is -2.20. The molecule has 0 amide bonds. The molecule has 0 aliphatic heterocycles. The molecule has 33 heavy (non-hydrogen) atoms. The summed E-state index contributed by atoms with van der Waals surface area (Å²) in [6, 6.07) is 4.16. The second-order valence-corrected chi connectivity index (χ2v) is 9.20. The maximum Gasteiger partial charge on any atom is 0.416 e. The van der Waals surface area contributed by atoms with Gasteiger partial charge in [-0.05, 0) is 68.2 Å². The first-order valence-corrected chi connectivity index (χ1v) is 10.7. The van der Waals surface area contributed by atoms with E-state index in [2.05, 4.69) is 20.6 Å². The molecular weight excluding hydrogens is 448 g/mol. The Balaban J connectivity index is 1.57. The Morgan fingerprint density at radius 3 is 2.45 bits per heavy atom. The summed E-state index contributed by atoms with van der Waals surface area (Å²) in [4.78, 5) is 0. The van der Waals surface area contributed by atoms with Gasteiger partial charge in [0.1, 0.15) is 5.69 Å². The van der Waals surface area contributed by atoms with Gasteiger partial charge in [0.15, 0.2) is 0 Å². The van der Waals surface area contributed by atoms with Gasteiger partial charge in [-0.1, -0.05) is 6.07 Å². The molecule has 2 aliphatic carbocycles. The molecule has 5 nitrogen and oxygen atoms in total. The molecule has 1 atom stereocenters. The fourth-order valence-corrected chi connectivity index (χ4v) is 4.81. The minimum absolute atomic E-state index is 0.0536. The van der Waals surface area contributed by atoms with E-state index in [-0.39, 0.29) is 17.3 Å². The number of hydrogen-bond acceptors (Lipinski definition) is 4. The van der Waals surface area contributed by atoms with Crippen LogP contribution < -0.4 is 5.32 Å². The zero-order chi connectivity index (χ0) is 23.6. The van der Waals surface area contributed by atoms with E-state index in [1.54, 1.807) is 13.0 Å². The summed E-state index contributed by atoms with van der Waals surface area (Å²) in [5, 5.41) is 16.1. The maximum atomic E-state index is 13.2. The van der Waals surface area contributed by atoms with E-state index in [9.17, 15) is 26.3 Å². The van der Waals surface area contributed by atoms with Crippen molar-refractivity contribution in [1.29, 1.82) is 0 Å². The van der Waals surface area contributed by atoms with E-state index in [0.29, 0.717) is 28.6 Å². The van der Waals surface area contributed by atoms with Crippen LogP contribution in [0, 0.1) is 12.3 Å². The predicted molar refractivity (Wildman–Crippen MR) is 109 cm³/mol. The molecular formula is C22H21F6N5. The molecule has 2 heterocycles. The van der Waals surface area contributed by atoms with Crippen molar-refractivity contribution in [2.75, 3.05) is 5.32 Å². The summed E-state index contributed by atoms with van der Waals surface area (Å²) in [6.07, 6.45) is -5.37. The zero-order valence-electron chi connectivity index (χ0n) is 17.7. The first kappa shape index (κ1) is 22.0. The molecule has 2 saturated carbocycles. The number of fused-ring (bicyclic) bond motifs is 1. The van der Waals surface area contributed by atoms with Gasteiger partial charge >= 0.3 is 12.4 Å². The van der Waals surface area contributed by atoms with Crippen LogP contribution in [-0.4, -0.2) is 32.0 Å². The van der Waals surface area contributed by atoms with Crippen LogP contribution in [0.25, 0.3) is 16.8 Å². The molecule has 1 spiro atoms. The van der Waals surface area contributed by atoms with Crippen LogP contribution in [-0.2, 0) is 12.6 Å². The van der Waals surface area contributed by atoms with Crippen LogP contribution >= 0.6 is 0 Å². The molecule has 0 bridgehead atoms. The highest BCUT2D eigenvalue weighted by atomic mass is 19.4. The van der Waals surface area contributed by atoms with Crippen molar-refractivity contribution >= 4 is 11.5 Å². The van der Waals surface area contributed by atoms with Gasteiger partial charge in [-0.15, -0.1) is 10.2 Å². The average Bonchev–Trinajstić information content (AvgIpc) is 3.15. The first-order chi connectivity index (χ1) is 15.4. The van der Waals surface area contributed by atoms with Crippen LogP contribution in [0.5, 0.6) is 0 Å². The largest absolute Gasteiger partial charge is 0.416 e. The first-order valence-electron chi connectivity index (χ1n) is 10.7. The van der Waals surface area contributed by atoms with Gasteiger partial charge in [0.2, 0.25) is 5.95 Å². The standard InChI is InChI=1S/C22H21F6N5/c1-12-8-17-18(16-3-2-14(22(26,27)28)9-13(16)10-21(23,24)25)30-31-19(33(17)32-12)29-15-4-5-20(11-15)6-7-20/h2-3,8-9,15H,4-7,10-11H2,1H3,(H,29,31). The summed E-state index contributed by atoms with van der Waals surface area (Å²) in [5.74, 6) is 0.369. The fraction of sp³-hybridized carbons (Fsp3) is 0.500. The smallest absolute Gasteiger partial charge is 0.350 e. The molecule has 0 saturated heterocycles. The van der Waals surface area contributed by atoms with Crippen molar-refractivity contribution in [3.63, 3.8) is 0 Å². The summed E-state index contributed by atoms with van der Waals surface area (Å²) < 4.78 is 80.6. The van der Waals surface area contributed by atoms with Gasteiger partial charge in [-0.3, -0.25) is 0 Å². The summed E-state index contributed by atoms with van der Waals surface area (Å²) in [5.41, 5.74) is -0.263. The van der Waals surface area contributed by atoms with Crippen molar-refractivity contribution in [2.45, 2.75) is 63.8 Å². The minimum Gasteiger partial charge on any atom is -0.350 e. The van der Waals surface area contributed by atoms with E-state index >= 15 is 0 Å². The third-order valence-corrected chi connectivity index (χ3v) is 6.59. The summed E-state index contributed by atoms with van der Waals surface area (Å²) >= 11 is 0. The third-order valence-electron chi connectivity index (χ3n) is 6.59. The van der Waals surface area contributed by atoms with Crippen molar-refractivity contribution in [1.82, 2.24) is 19.8 Å². The monoisotopic (exact) mass is 469 g/mol. The molecule has 5 rings (SSSR count). The van der Waals surface area contributed by atoms with Crippen LogP contribution in [0.4, 0.5) is 32.3 Å². The molecule has 3 aromatic rings. The van der Waals surface area contributed by atoms with E-state index < -0.39 is 29.9 Å². The number of nitrogens with zero attached hydrogens (tertiary/aromatic N) is 4. The lowest BCUT2D eigenvalue weighted by Gasteiger charge is -2.17. The molecule has 2 aromatic heterocycles. The second-order valence-electron chi connectivity index (χ2n) is 9.20. The second kappa shape index (κ2) is 7.33. The van der Waals surface area contributed by atoms with E-state index in [1.165, 1.54) is 17.4 Å².